The van der Waals surface area contributed by atoms with E-state index in [1.807, 2.05) is 36.4 Å². The Bertz CT molecular complexity index is 994. The van der Waals surface area contributed by atoms with E-state index in [0.717, 1.165) is 55.0 Å². The van der Waals surface area contributed by atoms with Gasteiger partial charge in [0.1, 0.15) is 5.82 Å². The fourth-order valence-corrected chi connectivity index (χ4v) is 3.78. The quantitative estimate of drug-likeness (QED) is 0.721. The first-order chi connectivity index (χ1) is 14.1. The molecule has 5 heteroatoms. The maximum absolute atomic E-state index is 12.4. The number of pyridine rings is 1. The minimum absolute atomic E-state index is 0.0351. The Labute approximate surface area is 172 Å². The van der Waals surface area contributed by atoms with Gasteiger partial charge in [-0.15, -0.1) is 0 Å². The smallest absolute Gasteiger partial charge is 0.224 e. The average molecular weight is 389 g/mol. The van der Waals surface area contributed by atoms with Crippen molar-refractivity contribution in [1.29, 1.82) is 0 Å². The summed E-state index contributed by atoms with van der Waals surface area (Å²) < 4.78 is 0. The van der Waals surface area contributed by atoms with E-state index in [1.165, 1.54) is 11.1 Å². The van der Waals surface area contributed by atoms with Gasteiger partial charge in [0.25, 0.3) is 0 Å². The first-order valence-corrected chi connectivity index (χ1v) is 10.3. The molecule has 1 saturated heterocycles. The molecular weight excluding hydrogens is 360 g/mol. The first kappa shape index (κ1) is 19.4. The van der Waals surface area contributed by atoms with Gasteiger partial charge in [-0.25, -0.2) is 4.98 Å². The van der Waals surface area contributed by atoms with Gasteiger partial charge >= 0.3 is 0 Å². The topological polar surface area (TPSA) is 48.5 Å². The van der Waals surface area contributed by atoms with Crippen LogP contribution in [-0.2, 0) is 11.2 Å². The SMILES string of the molecule is Cc1cc(N2CCN(C)CC2)nc2ccc(NC(=O)CCc3ccccc3)cc12. The van der Waals surface area contributed by atoms with Gasteiger partial charge in [-0.05, 0) is 55.8 Å². The van der Waals surface area contributed by atoms with Crippen molar-refractivity contribution < 1.29 is 4.79 Å². The van der Waals surface area contributed by atoms with Crippen LogP contribution in [0.5, 0.6) is 0 Å². The van der Waals surface area contributed by atoms with Crippen LogP contribution in [0, 0.1) is 6.92 Å². The molecule has 1 amide bonds. The number of rotatable bonds is 5. The molecule has 2 aromatic carbocycles. The molecule has 150 valence electrons. The van der Waals surface area contributed by atoms with Crippen LogP contribution in [-0.4, -0.2) is 49.0 Å². The van der Waals surface area contributed by atoms with E-state index in [0.29, 0.717) is 6.42 Å². The summed E-state index contributed by atoms with van der Waals surface area (Å²) in [5.74, 6) is 1.08. The van der Waals surface area contributed by atoms with Crippen molar-refractivity contribution in [2.24, 2.45) is 0 Å². The number of carbonyl (C=O) groups excluding carboxylic acids is 1. The van der Waals surface area contributed by atoms with Crippen molar-refractivity contribution in [1.82, 2.24) is 9.88 Å². The van der Waals surface area contributed by atoms with E-state index in [2.05, 4.69) is 47.3 Å². The maximum Gasteiger partial charge on any atom is 0.224 e. The van der Waals surface area contributed by atoms with Crippen LogP contribution in [0.15, 0.2) is 54.6 Å². The average Bonchev–Trinajstić information content (AvgIpc) is 2.74. The van der Waals surface area contributed by atoms with Gasteiger partial charge in [0.15, 0.2) is 0 Å². The Morgan fingerprint density at radius 1 is 1.03 bits per heavy atom. The van der Waals surface area contributed by atoms with Crippen LogP contribution in [0.2, 0.25) is 0 Å². The lowest BCUT2D eigenvalue weighted by Gasteiger charge is -2.33. The van der Waals surface area contributed by atoms with Crippen molar-refractivity contribution >= 4 is 28.3 Å². The molecular formula is C24H28N4O. The molecule has 0 radical (unpaired) electrons. The summed E-state index contributed by atoms with van der Waals surface area (Å²) in [5, 5.41) is 4.12. The second kappa shape index (κ2) is 8.62. The second-order valence-corrected chi connectivity index (χ2v) is 7.85. The van der Waals surface area contributed by atoms with Crippen molar-refractivity contribution in [3.63, 3.8) is 0 Å². The highest BCUT2D eigenvalue weighted by molar-refractivity contribution is 5.94. The van der Waals surface area contributed by atoms with Crippen LogP contribution < -0.4 is 10.2 Å². The number of amides is 1. The number of benzene rings is 2. The Kier molecular flexibility index (Phi) is 5.76. The van der Waals surface area contributed by atoms with Crippen LogP contribution in [0.4, 0.5) is 11.5 Å². The minimum atomic E-state index is 0.0351. The molecule has 0 spiro atoms. The molecule has 0 unspecified atom stereocenters. The standard InChI is InChI=1S/C24H28N4O/c1-18-16-23(28-14-12-27(2)13-15-28)26-22-10-9-20(17-21(18)22)25-24(29)11-8-19-6-4-3-5-7-19/h3-7,9-10,16-17H,8,11-15H2,1-2H3,(H,25,29). The molecule has 1 fully saturated rings. The second-order valence-electron chi connectivity index (χ2n) is 7.85. The fourth-order valence-electron chi connectivity index (χ4n) is 3.78. The molecule has 1 aromatic heterocycles. The Balaban J connectivity index is 1.45. The zero-order valence-corrected chi connectivity index (χ0v) is 17.2. The lowest BCUT2D eigenvalue weighted by Crippen LogP contribution is -2.44. The van der Waals surface area contributed by atoms with Crippen LogP contribution >= 0.6 is 0 Å². The number of anilines is 2. The minimum Gasteiger partial charge on any atom is -0.354 e. The number of nitrogens with one attached hydrogen (secondary N) is 1. The summed E-state index contributed by atoms with van der Waals surface area (Å²) in [6, 6.07) is 18.3. The van der Waals surface area contributed by atoms with E-state index in [4.69, 9.17) is 4.98 Å². The number of aryl methyl sites for hydroxylation is 2. The largest absolute Gasteiger partial charge is 0.354 e. The lowest BCUT2D eigenvalue weighted by atomic mass is 10.1. The van der Waals surface area contributed by atoms with Crippen molar-refractivity contribution in [2.45, 2.75) is 19.8 Å². The molecule has 1 aliphatic heterocycles. The molecule has 29 heavy (non-hydrogen) atoms. The molecule has 4 rings (SSSR count). The number of aromatic nitrogens is 1. The van der Waals surface area contributed by atoms with Gasteiger partial charge in [-0.1, -0.05) is 30.3 Å². The predicted molar refractivity (Wildman–Crippen MR) is 120 cm³/mol. The van der Waals surface area contributed by atoms with E-state index < -0.39 is 0 Å². The van der Waals surface area contributed by atoms with Crippen LogP contribution in [0.25, 0.3) is 10.9 Å². The van der Waals surface area contributed by atoms with Gasteiger partial charge in [0, 0.05) is 43.7 Å². The monoisotopic (exact) mass is 388 g/mol. The molecule has 2 heterocycles. The van der Waals surface area contributed by atoms with Crippen molar-refractivity contribution in [3.05, 3.63) is 65.7 Å². The van der Waals surface area contributed by atoms with E-state index in [9.17, 15) is 4.79 Å². The highest BCUT2D eigenvalue weighted by Crippen LogP contribution is 2.26. The third-order valence-electron chi connectivity index (χ3n) is 5.60. The van der Waals surface area contributed by atoms with E-state index in [-0.39, 0.29) is 5.91 Å². The van der Waals surface area contributed by atoms with E-state index >= 15 is 0 Å². The normalized spacial score (nSPS) is 14.9. The summed E-state index contributed by atoms with van der Waals surface area (Å²) in [7, 11) is 2.16. The van der Waals surface area contributed by atoms with Gasteiger partial charge in [0.2, 0.25) is 5.91 Å². The molecule has 5 nitrogen and oxygen atoms in total. The number of piperazine rings is 1. The van der Waals surface area contributed by atoms with Crippen molar-refractivity contribution in [3.8, 4) is 0 Å². The number of likely N-dealkylation sites (N-methyl/N-ethyl adjacent to an activating group) is 1. The van der Waals surface area contributed by atoms with Gasteiger partial charge in [-0.2, -0.15) is 0 Å². The highest BCUT2D eigenvalue weighted by atomic mass is 16.1. The number of hydrogen-bond acceptors (Lipinski definition) is 4. The molecule has 0 aliphatic carbocycles. The molecule has 1 N–H and O–H groups in total. The Morgan fingerprint density at radius 3 is 2.55 bits per heavy atom. The number of hydrogen-bond donors (Lipinski definition) is 1. The number of fused-ring (bicyclic) bond motifs is 1. The summed E-state index contributed by atoms with van der Waals surface area (Å²) in [6.07, 6.45) is 1.22. The van der Waals surface area contributed by atoms with Gasteiger partial charge in [-0.3, -0.25) is 4.79 Å². The summed E-state index contributed by atoms with van der Waals surface area (Å²) in [5.41, 5.74) is 4.16. The van der Waals surface area contributed by atoms with Crippen LogP contribution in [0.1, 0.15) is 17.5 Å². The van der Waals surface area contributed by atoms with Crippen molar-refractivity contribution in [2.75, 3.05) is 43.4 Å². The Morgan fingerprint density at radius 2 is 1.79 bits per heavy atom. The zero-order valence-electron chi connectivity index (χ0n) is 17.2. The maximum atomic E-state index is 12.4. The number of nitrogens with zero attached hydrogens (tertiary/aromatic N) is 3. The third-order valence-corrected chi connectivity index (χ3v) is 5.60. The zero-order chi connectivity index (χ0) is 20.2. The Hall–Kier alpha value is -2.92. The fraction of sp³-hybridized carbons (Fsp3) is 0.333. The summed E-state index contributed by atoms with van der Waals surface area (Å²) in [6.45, 7) is 6.25. The van der Waals surface area contributed by atoms with Gasteiger partial charge < -0.3 is 15.1 Å². The molecule has 0 bridgehead atoms. The molecule has 0 atom stereocenters. The number of carbonyl (C=O) groups is 1. The summed E-state index contributed by atoms with van der Waals surface area (Å²) >= 11 is 0. The molecule has 1 aliphatic rings. The summed E-state index contributed by atoms with van der Waals surface area (Å²) in [4.78, 5) is 21.9. The molecule has 0 saturated carbocycles. The van der Waals surface area contributed by atoms with Gasteiger partial charge in [0.05, 0.1) is 5.52 Å². The first-order valence-electron chi connectivity index (χ1n) is 10.3. The van der Waals surface area contributed by atoms with E-state index in [1.54, 1.807) is 0 Å². The molecule has 3 aromatic rings. The third kappa shape index (κ3) is 4.74. The van der Waals surface area contributed by atoms with Crippen LogP contribution in [0.3, 0.4) is 0 Å². The predicted octanol–water partition coefficient (Wildman–Crippen LogP) is 3.87. The lowest BCUT2D eigenvalue weighted by molar-refractivity contribution is -0.116. The highest BCUT2D eigenvalue weighted by Gasteiger charge is 2.16.